The molecule has 8 unspecified atom stereocenters. The van der Waals surface area contributed by atoms with Crippen LogP contribution in [0.5, 0.6) is 0 Å². The molecule has 0 aliphatic heterocycles. The maximum absolute atomic E-state index is 12.8. The summed E-state index contributed by atoms with van der Waals surface area (Å²) in [5, 5.41) is 14.2. The number of carbonyl (C=O) groups is 5. The standard InChI is InChI=1S/C31H46N2O7/c1-5-6-24(29(38)39)33-28(37)18(2)32-26(35)11-12-27(36)40-25-10-9-22-21-8-7-19-17-20(34)13-15-30(19,3)23(21)14-16-31(22,25)4/h17-18,21-25H,5-16H2,1-4H3,(H,32,35)(H,33,37)(H,38,39). The fourth-order valence-electron chi connectivity index (χ4n) is 8.36. The molecule has 4 rings (SSSR count). The molecule has 0 spiro atoms. The molecule has 0 aromatic heterocycles. The van der Waals surface area contributed by atoms with Crippen LogP contribution in [0.3, 0.4) is 0 Å². The second-order valence-corrected chi connectivity index (χ2v) is 13.0. The molecule has 0 aromatic rings. The number of carboxylic acids is 1. The molecule has 0 bridgehead atoms. The van der Waals surface area contributed by atoms with Gasteiger partial charge in [-0.05, 0) is 87.5 Å². The Labute approximate surface area is 237 Å². The zero-order valence-corrected chi connectivity index (χ0v) is 24.4. The second-order valence-electron chi connectivity index (χ2n) is 13.0. The van der Waals surface area contributed by atoms with Crippen LogP contribution in [0.25, 0.3) is 0 Å². The van der Waals surface area contributed by atoms with E-state index < -0.39 is 35.8 Å². The van der Waals surface area contributed by atoms with Crippen LogP contribution in [-0.2, 0) is 28.7 Å². The summed E-state index contributed by atoms with van der Waals surface area (Å²) in [6.07, 6.45) is 10.1. The van der Waals surface area contributed by atoms with Crippen LogP contribution in [0.2, 0.25) is 0 Å². The summed E-state index contributed by atoms with van der Waals surface area (Å²) in [5.41, 5.74) is 1.38. The number of carbonyl (C=O) groups excluding carboxylic acids is 4. The van der Waals surface area contributed by atoms with Crippen molar-refractivity contribution in [1.82, 2.24) is 10.6 Å². The lowest BCUT2D eigenvalue weighted by atomic mass is 9.47. The van der Waals surface area contributed by atoms with Gasteiger partial charge in [-0.3, -0.25) is 19.2 Å². The lowest BCUT2D eigenvalue weighted by molar-refractivity contribution is -0.160. The number of ether oxygens (including phenoxy) is 1. The molecule has 3 fully saturated rings. The fourth-order valence-corrected chi connectivity index (χ4v) is 8.36. The van der Waals surface area contributed by atoms with Gasteiger partial charge < -0.3 is 20.5 Å². The van der Waals surface area contributed by atoms with Crippen molar-refractivity contribution >= 4 is 29.5 Å². The summed E-state index contributed by atoms with van der Waals surface area (Å²) in [6, 6.07) is -1.91. The number of aliphatic carboxylic acids is 1. The predicted molar refractivity (Wildman–Crippen MR) is 148 cm³/mol. The van der Waals surface area contributed by atoms with Gasteiger partial charge in [0.25, 0.3) is 0 Å². The molecule has 0 saturated heterocycles. The van der Waals surface area contributed by atoms with Gasteiger partial charge in [0, 0.05) is 18.3 Å². The molecule has 0 heterocycles. The van der Waals surface area contributed by atoms with E-state index >= 15 is 0 Å². The number of amides is 2. The van der Waals surface area contributed by atoms with E-state index in [4.69, 9.17) is 4.74 Å². The lowest BCUT2D eigenvalue weighted by Gasteiger charge is -2.57. The first-order valence-electron chi connectivity index (χ1n) is 15.1. The highest BCUT2D eigenvalue weighted by Crippen LogP contribution is 2.65. The Morgan fingerprint density at radius 3 is 2.48 bits per heavy atom. The highest BCUT2D eigenvalue weighted by molar-refractivity contribution is 5.92. The van der Waals surface area contributed by atoms with Crippen LogP contribution >= 0.6 is 0 Å². The third-order valence-electron chi connectivity index (χ3n) is 10.7. The Kier molecular flexibility index (Phi) is 9.10. The molecule has 3 N–H and O–H groups in total. The van der Waals surface area contributed by atoms with Gasteiger partial charge in [-0.1, -0.05) is 32.8 Å². The largest absolute Gasteiger partial charge is 0.480 e. The van der Waals surface area contributed by atoms with E-state index in [1.807, 2.05) is 13.0 Å². The number of rotatable bonds is 10. The van der Waals surface area contributed by atoms with Crippen molar-refractivity contribution in [2.24, 2.45) is 28.6 Å². The Bertz CT molecular complexity index is 1070. The van der Waals surface area contributed by atoms with Crippen LogP contribution in [0.4, 0.5) is 0 Å². The Morgan fingerprint density at radius 1 is 1.02 bits per heavy atom. The number of hydrogen-bond donors (Lipinski definition) is 3. The average molecular weight is 559 g/mol. The summed E-state index contributed by atoms with van der Waals surface area (Å²) in [7, 11) is 0. The molecule has 2 amide bonds. The third-order valence-corrected chi connectivity index (χ3v) is 10.7. The van der Waals surface area contributed by atoms with Gasteiger partial charge in [0.2, 0.25) is 11.8 Å². The Balaban J connectivity index is 1.27. The smallest absolute Gasteiger partial charge is 0.326 e. The average Bonchev–Trinajstić information content (AvgIpc) is 3.23. The maximum atomic E-state index is 12.8. The normalized spacial score (nSPS) is 34.3. The van der Waals surface area contributed by atoms with Gasteiger partial charge >= 0.3 is 11.9 Å². The van der Waals surface area contributed by atoms with Crippen LogP contribution < -0.4 is 10.6 Å². The number of fused-ring (bicyclic) bond motifs is 5. The molecule has 0 radical (unpaired) electrons. The molecule has 3 saturated carbocycles. The van der Waals surface area contributed by atoms with E-state index in [2.05, 4.69) is 24.5 Å². The molecule has 40 heavy (non-hydrogen) atoms. The predicted octanol–water partition coefficient (Wildman–Crippen LogP) is 4.08. The maximum Gasteiger partial charge on any atom is 0.326 e. The fraction of sp³-hybridized carbons (Fsp3) is 0.774. The van der Waals surface area contributed by atoms with Crippen molar-refractivity contribution < 1.29 is 33.8 Å². The summed E-state index contributed by atoms with van der Waals surface area (Å²) >= 11 is 0. The lowest BCUT2D eigenvalue weighted by Crippen LogP contribution is -2.51. The van der Waals surface area contributed by atoms with E-state index in [1.165, 1.54) is 12.5 Å². The van der Waals surface area contributed by atoms with Gasteiger partial charge in [-0.2, -0.15) is 0 Å². The van der Waals surface area contributed by atoms with Crippen molar-refractivity contribution in [3.05, 3.63) is 11.6 Å². The second kappa shape index (κ2) is 12.0. The Morgan fingerprint density at radius 2 is 1.77 bits per heavy atom. The van der Waals surface area contributed by atoms with Crippen molar-refractivity contribution in [2.75, 3.05) is 0 Å². The molecule has 9 heteroatoms. The van der Waals surface area contributed by atoms with Crippen molar-refractivity contribution in [3.8, 4) is 0 Å². The SMILES string of the molecule is CCCC(NC(=O)C(C)NC(=O)CCC(=O)OC1CCC2C3CCC4=CC(=O)CCC4(C)C3CCC12C)C(=O)O. The number of ketones is 1. The van der Waals surface area contributed by atoms with Crippen LogP contribution in [0.15, 0.2) is 11.6 Å². The highest BCUT2D eigenvalue weighted by atomic mass is 16.5. The van der Waals surface area contributed by atoms with Crippen molar-refractivity contribution in [1.29, 1.82) is 0 Å². The van der Waals surface area contributed by atoms with E-state index in [0.29, 0.717) is 37.0 Å². The van der Waals surface area contributed by atoms with Crippen molar-refractivity contribution in [2.45, 2.75) is 123 Å². The first-order chi connectivity index (χ1) is 18.9. The molecule has 4 aliphatic rings. The molecule has 0 aromatic carbocycles. The summed E-state index contributed by atoms with van der Waals surface area (Å²) in [5.74, 6) is -0.633. The highest BCUT2D eigenvalue weighted by Gasteiger charge is 2.60. The quantitative estimate of drug-likeness (QED) is 0.343. The zero-order chi connectivity index (χ0) is 29.2. The minimum Gasteiger partial charge on any atom is -0.480 e. The summed E-state index contributed by atoms with van der Waals surface area (Å²) in [4.78, 5) is 60.9. The monoisotopic (exact) mass is 558 g/mol. The van der Waals surface area contributed by atoms with Gasteiger partial charge in [-0.25, -0.2) is 4.79 Å². The van der Waals surface area contributed by atoms with E-state index in [9.17, 15) is 29.1 Å². The topological polar surface area (TPSA) is 139 Å². The summed E-state index contributed by atoms with van der Waals surface area (Å²) < 4.78 is 6.00. The van der Waals surface area contributed by atoms with Gasteiger partial charge in [0.15, 0.2) is 5.78 Å². The zero-order valence-electron chi connectivity index (χ0n) is 24.4. The first kappa shape index (κ1) is 30.3. The number of allylic oxidation sites excluding steroid dienone is 1. The van der Waals surface area contributed by atoms with Crippen LogP contribution in [0.1, 0.15) is 105 Å². The van der Waals surface area contributed by atoms with E-state index in [1.54, 1.807) is 0 Å². The van der Waals surface area contributed by atoms with Crippen LogP contribution in [-0.4, -0.2) is 52.8 Å². The number of carboxylic acid groups (broad SMARTS) is 1. The minimum absolute atomic E-state index is 0.0721. The molecule has 4 aliphatic carbocycles. The molecular formula is C31H46N2O7. The van der Waals surface area contributed by atoms with E-state index in [-0.39, 0.29) is 35.6 Å². The van der Waals surface area contributed by atoms with Gasteiger partial charge in [0.1, 0.15) is 18.2 Å². The number of esters is 1. The molecular weight excluding hydrogens is 512 g/mol. The number of nitrogens with one attached hydrogen (secondary N) is 2. The first-order valence-corrected chi connectivity index (χ1v) is 15.1. The molecule has 9 nitrogen and oxygen atoms in total. The van der Waals surface area contributed by atoms with Crippen LogP contribution in [0, 0.1) is 28.6 Å². The molecule has 8 atom stereocenters. The minimum atomic E-state index is -1.11. The number of hydrogen-bond acceptors (Lipinski definition) is 6. The van der Waals surface area contributed by atoms with Gasteiger partial charge in [-0.15, -0.1) is 0 Å². The van der Waals surface area contributed by atoms with Gasteiger partial charge in [0.05, 0.1) is 6.42 Å². The van der Waals surface area contributed by atoms with E-state index in [0.717, 1.165) is 44.9 Å². The Hall–Kier alpha value is -2.71. The molecule has 222 valence electrons. The summed E-state index contributed by atoms with van der Waals surface area (Å²) in [6.45, 7) is 7.95. The third kappa shape index (κ3) is 5.98. The van der Waals surface area contributed by atoms with Crippen molar-refractivity contribution in [3.63, 3.8) is 0 Å².